The molecule has 0 radical (unpaired) electrons. The SMILES string of the molecule is CSc1cccc(N(C)C2CCC(C)(C)CC2)c1C(N)=S. The van der Waals surface area contributed by atoms with Crippen LogP contribution < -0.4 is 10.6 Å². The summed E-state index contributed by atoms with van der Waals surface area (Å²) in [6.45, 7) is 4.75. The molecule has 0 atom stereocenters. The van der Waals surface area contributed by atoms with Gasteiger partial charge < -0.3 is 10.6 Å². The molecule has 1 fully saturated rings. The van der Waals surface area contributed by atoms with E-state index in [-0.39, 0.29) is 0 Å². The van der Waals surface area contributed by atoms with Gasteiger partial charge in [0, 0.05) is 29.2 Å². The Morgan fingerprint density at radius 2 is 1.95 bits per heavy atom. The van der Waals surface area contributed by atoms with Gasteiger partial charge in [0.1, 0.15) is 4.99 Å². The molecule has 0 aromatic heterocycles. The molecule has 0 bridgehead atoms. The summed E-state index contributed by atoms with van der Waals surface area (Å²) < 4.78 is 0. The van der Waals surface area contributed by atoms with Crippen molar-refractivity contribution in [2.45, 2.75) is 50.5 Å². The van der Waals surface area contributed by atoms with Gasteiger partial charge in [-0.2, -0.15) is 0 Å². The molecule has 2 N–H and O–H groups in total. The lowest BCUT2D eigenvalue weighted by molar-refractivity contribution is 0.222. The topological polar surface area (TPSA) is 29.3 Å². The van der Waals surface area contributed by atoms with E-state index in [1.165, 1.54) is 36.3 Å². The average molecular weight is 323 g/mol. The first-order chi connectivity index (χ1) is 9.85. The van der Waals surface area contributed by atoms with Crippen LogP contribution in [0.2, 0.25) is 0 Å². The van der Waals surface area contributed by atoms with Crippen molar-refractivity contribution in [2.24, 2.45) is 11.1 Å². The summed E-state index contributed by atoms with van der Waals surface area (Å²) >= 11 is 7.01. The molecule has 0 saturated heterocycles. The molecular formula is C17H26N2S2. The molecule has 1 aliphatic carbocycles. The largest absolute Gasteiger partial charge is 0.389 e. The molecule has 4 heteroatoms. The molecule has 0 spiro atoms. The van der Waals surface area contributed by atoms with Crippen LogP contribution in [0.15, 0.2) is 23.1 Å². The van der Waals surface area contributed by atoms with E-state index in [1.807, 2.05) is 0 Å². The summed E-state index contributed by atoms with van der Waals surface area (Å²) in [5.41, 5.74) is 8.70. The van der Waals surface area contributed by atoms with Gasteiger partial charge in [0.25, 0.3) is 0 Å². The third kappa shape index (κ3) is 3.72. The molecule has 2 rings (SSSR count). The highest BCUT2D eigenvalue weighted by molar-refractivity contribution is 7.98. The molecule has 0 heterocycles. The number of anilines is 1. The van der Waals surface area contributed by atoms with Gasteiger partial charge in [-0.3, -0.25) is 0 Å². The Bertz CT molecular complexity index is 516. The maximum Gasteiger partial charge on any atom is 0.107 e. The Hall–Kier alpha value is -0.740. The lowest BCUT2D eigenvalue weighted by atomic mass is 9.75. The Labute approximate surface area is 138 Å². The van der Waals surface area contributed by atoms with Gasteiger partial charge in [0.15, 0.2) is 0 Å². The van der Waals surface area contributed by atoms with Crippen LogP contribution in [0.25, 0.3) is 0 Å². The highest BCUT2D eigenvalue weighted by atomic mass is 32.2. The smallest absolute Gasteiger partial charge is 0.107 e. The van der Waals surface area contributed by atoms with E-state index >= 15 is 0 Å². The first kappa shape index (κ1) is 16.6. The third-order valence-corrected chi connectivity index (χ3v) is 5.69. The number of hydrogen-bond donors (Lipinski definition) is 1. The van der Waals surface area contributed by atoms with Crippen LogP contribution in [0.4, 0.5) is 5.69 Å². The summed E-state index contributed by atoms with van der Waals surface area (Å²) in [6.07, 6.45) is 7.12. The molecule has 116 valence electrons. The van der Waals surface area contributed by atoms with Gasteiger partial charge in [-0.05, 0) is 49.5 Å². The molecule has 2 nitrogen and oxygen atoms in total. The summed E-state index contributed by atoms with van der Waals surface area (Å²) in [6, 6.07) is 6.93. The molecule has 0 amide bonds. The molecular weight excluding hydrogens is 296 g/mol. The molecule has 1 aromatic carbocycles. The zero-order valence-corrected chi connectivity index (χ0v) is 15.1. The number of nitrogens with zero attached hydrogens (tertiary/aromatic N) is 1. The van der Waals surface area contributed by atoms with Crippen LogP contribution in [0.5, 0.6) is 0 Å². The van der Waals surface area contributed by atoms with Crippen molar-refractivity contribution in [3.8, 4) is 0 Å². The first-order valence-corrected chi connectivity index (χ1v) is 9.18. The van der Waals surface area contributed by atoms with Crippen molar-refractivity contribution in [2.75, 3.05) is 18.2 Å². The van der Waals surface area contributed by atoms with Crippen LogP contribution in [0.1, 0.15) is 45.1 Å². The minimum atomic E-state index is 0.491. The number of thioether (sulfide) groups is 1. The Morgan fingerprint density at radius 1 is 1.33 bits per heavy atom. The number of benzene rings is 1. The van der Waals surface area contributed by atoms with Crippen molar-refractivity contribution in [3.63, 3.8) is 0 Å². The van der Waals surface area contributed by atoms with Crippen molar-refractivity contribution in [3.05, 3.63) is 23.8 Å². The summed E-state index contributed by atoms with van der Waals surface area (Å²) in [4.78, 5) is 4.06. The average Bonchev–Trinajstić information content (AvgIpc) is 2.45. The fourth-order valence-electron chi connectivity index (χ4n) is 3.20. The molecule has 1 aromatic rings. The van der Waals surface area contributed by atoms with Crippen LogP contribution in [-0.4, -0.2) is 24.3 Å². The van der Waals surface area contributed by atoms with E-state index < -0.39 is 0 Å². The zero-order valence-electron chi connectivity index (χ0n) is 13.5. The number of nitrogens with two attached hydrogens (primary N) is 1. The standard InChI is InChI=1S/C17H26N2S2/c1-17(2)10-8-12(9-11-17)19(3)13-6-5-7-14(21-4)15(13)16(18)20/h5-7,12H,8-11H2,1-4H3,(H2,18,20). The summed E-state index contributed by atoms with van der Waals surface area (Å²) in [5, 5.41) is 0. The highest BCUT2D eigenvalue weighted by Gasteiger charge is 2.30. The maximum atomic E-state index is 5.99. The van der Waals surface area contributed by atoms with E-state index in [9.17, 15) is 0 Å². The van der Waals surface area contributed by atoms with Crippen molar-refractivity contribution < 1.29 is 0 Å². The predicted octanol–water partition coefficient (Wildman–Crippen LogP) is 4.45. The molecule has 1 saturated carbocycles. The second-order valence-electron chi connectivity index (χ2n) is 6.72. The summed E-state index contributed by atoms with van der Waals surface area (Å²) in [7, 11) is 2.18. The molecule has 1 aliphatic rings. The van der Waals surface area contributed by atoms with Gasteiger partial charge in [-0.1, -0.05) is 32.1 Å². The minimum Gasteiger partial charge on any atom is -0.389 e. The highest BCUT2D eigenvalue weighted by Crippen LogP contribution is 2.39. The van der Waals surface area contributed by atoms with Crippen LogP contribution in [0.3, 0.4) is 0 Å². The minimum absolute atomic E-state index is 0.491. The van der Waals surface area contributed by atoms with Crippen LogP contribution >= 0.6 is 24.0 Å². The third-order valence-electron chi connectivity index (χ3n) is 4.71. The Morgan fingerprint density at radius 3 is 2.48 bits per heavy atom. The van der Waals surface area contributed by atoms with Crippen LogP contribution in [-0.2, 0) is 0 Å². The fourth-order valence-corrected chi connectivity index (χ4v) is 4.11. The van der Waals surface area contributed by atoms with Crippen LogP contribution in [0, 0.1) is 5.41 Å². The number of thiocarbonyl (C=S) groups is 1. The lowest BCUT2D eigenvalue weighted by Crippen LogP contribution is -2.38. The normalized spacial score (nSPS) is 18.5. The van der Waals surface area contributed by atoms with Crippen molar-refractivity contribution in [1.29, 1.82) is 0 Å². The van der Waals surface area contributed by atoms with Crippen molar-refractivity contribution in [1.82, 2.24) is 0 Å². The predicted molar refractivity (Wildman–Crippen MR) is 98.6 cm³/mol. The van der Waals surface area contributed by atoms with Crippen molar-refractivity contribution >= 4 is 34.7 Å². The molecule has 21 heavy (non-hydrogen) atoms. The molecule has 0 aliphatic heterocycles. The van der Waals surface area contributed by atoms with Gasteiger partial charge >= 0.3 is 0 Å². The van der Waals surface area contributed by atoms with E-state index in [0.29, 0.717) is 16.4 Å². The second-order valence-corrected chi connectivity index (χ2v) is 8.01. The quantitative estimate of drug-likeness (QED) is 0.655. The second kappa shape index (κ2) is 6.57. The van der Waals surface area contributed by atoms with Gasteiger partial charge in [-0.25, -0.2) is 0 Å². The summed E-state index contributed by atoms with van der Waals surface area (Å²) in [5.74, 6) is 0. The monoisotopic (exact) mass is 322 g/mol. The first-order valence-electron chi connectivity index (χ1n) is 7.55. The number of hydrogen-bond acceptors (Lipinski definition) is 3. The fraction of sp³-hybridized carbons (Fsp3) is 0.588. The van der Waals surface area contributed by atoms with Gasteiger partial charge in [-0.15, -0.1) is 11.8 Å². The van der Waals surface area contributed by atoms with E-state index in [1.54, 1.807) is 11.8 Å². The van der Waals surface area contributed by atoms with Gasteiger partial charge in [0.05, 0.1) is 0 Å². The lowest BCUT2D eigenvalue weighted by Gasteiger charge is -2.40. The molecule has 0 unspecified atom stereocenters. The Balaban J connectivity index is 2.27. The van der Waals surface area contributed by atoms with Gasteiger partial charge in [0.2, 0.25) is 0 Å². The zero-order chi connectivity index (χ0) is 15.6. The van der Waals surface area contributed by atoms with E-state index in [2.05, 4.69) is 50.2 Å². The van der Waals surface area contributed by atoms with E-state index in [0.717, 1.165) is 5.56 Å². The Kier molecular flexibility index (Phi) is 5.20. The van der Waals surface area contributed by atoms with E-state index in [4.69, 9.17) is 18.0 Å². The maximum absolute atomic E-state index is 5.99. The number of rotatable bonds is 4.